The van der Waals surface area contributed by atoms with Crippen LogP contribution in [0.1, 0.15) is 25.8 Å². The van der Waals surface area contributed by atoms with Gasteiger partial charge in [0.1, 0.15) is 11.9 Å². The summed E-state index contributed by atoms with van der Waals surface area (Å²) in [4.78, 5) is 49.1. The molecule has 1 unspecified atom stereocenters. The number of ether oxygens (including phenoxy) is 2. The molecule has 1 N–H and O–H groups in total. The molecule has 10 heteroatoms. The fourth-order valence-corrected chi connectivity index (χ4v) is 3.44. The van der Waals surface area contributed by atoms with E-state index in [1.807, 2.05) is 6.08 Å². The molecule has 0 saturated carbocycles. The van der Waals surface area contributed by atoms with E-state index in [2.05, 4.69) is 5.32 Å². The summed E-state index contributed by atoms with van der Waals surface area (Å²) < 4.78 is 24.8. The summed E-state index contributed by atoms with van der Waals surface area (Å²) in [7, 11) is 0. The highest BCUT2D eigenvalue weighted by Crippen LogP contribution is 2.29. The number of halogens is 1. The maximum atomic E-state index is 14.9. The van der Waals surface area contributed by atoms with Crippen LogP contribution in [0.3, 0.4) is 0 Å². The lowest BCUT2D eigenvalue weighted by Crippen LogP contribution is -2.38. The Kier molecular flexibility index (Phi) is 6.88. The van der Waals surface area contributed by atoms with Gasteiger partial charge in [-0.3, -0.25) is 19.3 Å². The molecule has 0 spiro atoms. The van der Waals surface area contributed by atoms with Crippen molar-refractivity contribution in [3.8, 4) is 0 Å². The molecular weight excluding hydrogens is 409 g/mol. The zero-order chi connectivity index (χ0) is 22.5. The molecule has 2 aliphatic heterocycles. The van der Waals surface area contributed by atoms with E-state index in [4.69, 9.17) is 9.47 Å². The van der Waals surface area contributed by atoms with Crippen molar-refractivity contribution < 1.29 is 33.0 Å². The third-order valence-corrected chi connectivity index (χ3v) is 4.97. The number of amides is 3. The minimum atomic E-state index is -0.610. The first-order valence-corrected chi connectivity index (χ1v) is 9.87. The molecule has 0 bridgehead atoms. The van der Waals surface area contributed by atoms with E-state index in [1.54, 1.807) is 12.1 Å². The molecule has 2 aliphatic rings. The highest BCUT2D eigenvalue weighted by atomic mass is 19.1. The number of nitrogens with zero attached hydrogens (tertiary/aromatic N) is 2. The second kappa shape index (κ2) is 9.59. The van der Waals surface area contributed by atoms with Crippen molar-refractivity contribution in [2.75, 3.05) is 37.7 Å². The lowest BCUT2D eigenvalue weighted by atomic mass is 10.00. The van der Waals surface area contributed by atoms with Gasteiger partial charge in [-0.15, -0.1) is 0 Å². The summed E-state index contributed by atoms with van der Waals surface area (Å²) in [5, 5.41) is 2.59. The Morgan fingerprint density at radius 1 is 1.29 bits per heavy atom. The molecule has 0 aliphatic carbocycles. The fraction of sp³-hybridized carbons (Fsp3) is 0.429. The van der Waals surface area contributed by atoms with Crippen LogP contribution in [-0.2, 0) is 23.9 Å². The predicted octanol–water partition coefficient (Wildman–Crippen LogP) is 1.47. The number of anilines is 1. The summed E-state index contributed by atoms with van der Waals surface area (Å²) in [5.41, 5.74) is 1.31. The third kappa shape index (κ3) is 5.59. The van der Waals surface area contributed by atoms with Crippen molar-refractivity contribution in [2.45, 2.75) is 26.4 Å². The molecule has 9 nitrogen and oxygen atoms in total. The molecule has 1 fully saturated rings. The number of cyclic esters (lactones) is 1. The molecule has 1 aromatic carbocycles. The van der Waals surface area contributed by atoms with E-state index in [9.17, 15) is 23.6 Å². The average molecular weight is 433 g/mol. The van der Waals surface area contributed by atoms with Crippen molar-refractivity contribution in [1.82, 2.24) is 10.2 Å². The van der Waals surface area contributed by atoms with Crippen LogP contribution >= 0.6 is 0 Å². The van der Waals surface area contributed by atoms with E-state index >= 15 is 0 Å². The minimum absolute atomic E-state index is 0.183. The van der Waals surface area contributed by atoms with Crippen LogP contribution in [0, 0.1) is 5.82 Å². The van der Waals surface area contributed by atoms with Gasteiger partial charge in [-0.25, -0.2) is 9.18 Å². The molecule has 0 radical (unpaired) electrons. The SMILES string of the molecule is CC(=O)NCC1CN(c2ccc(C3=CCCN(C(=O)COC(C)=O)C3)c(F)c2)C(=O)O1. The maximum Gasteiger partial charge on any atom is 0.414 e. The number of hydrogen-bond acceptors (Lipinski definition) is 6. The summed E-state index contributed by atoms with van der Waals surface area (Å²) in [5.74, 6) is -1.65. The van der Waals surface area contributed by atoms with Gasteiger partial charge in [-0.1, -0.05) is 6.08 Å². The Morgan fingerprint density at radius 2 is 2.06 bits per heavy atom. The number of nitrogens with one attached hydrogen (secondary N) is 1. The van der Waals surface area contributed by atoms with Crippen molar-refractivity contribution >= 4 is 35.1 Å². The van der Waals surface area contributed by atoms with Gasteiger partial charge in [0, 0.05) is 32.5 Å². The lowest BCUT2D eigenvalue weighted by Gasteiger charge is -2.28. The normalized spacial score (nSPS) is 18.4. The van der Waals surface area contributed by atoms with E-state index in [0.29, 0.717) is 29.8 Å². The van der Waals surface area contributed by atoms with Gasteiger partial charge >= 0.3 is 12.1 Å². The summed E-state index contributed by atoms with van der Waals surface area (Å²) in [6.07, 6.45) is 1.28. The Hall–Kier alpha value is -3.43. The first kappa shape index (κ1) is 22.3. The van der Waals surface area contributed by atoms with Crippen LogP contribution < -0.4 is 10.2 Å². The largest absolute Gasteiger partial charge is 0.456 e. The Bertz CT molecular complexity index is 932. The minimum Gasteiger partial charge on any atom is -0.456 e. The highest BCUT2D eigenvalue weighted by molar-refractivity contribution is 5.90. The topological polar surface area (TPSA) is 105 Å². The first-order chi connectivity index (χ1) is 14.7. The quantitative estimate of drug-likeness (QED) is 0.681. The zero-order valence-corrected chi connectivity index (χ0v) is 17.4. The second-order valence-electron chi connectivity index (χ2n) is 7.33. The first-order valence-electron chi connectivity index (χ1n) is 9.87. The van der Waals surface area contributed by atoms with Crippen LogP contribution in [0.4, 0.5) is 14.9 Å². The monoisotopic (exact) mass is 433 g/mol. The van der Waals surface area contributed by atoms with Crippen molar-refractivity contribution in [3.63, 3.8) is 0 Å². The van der Waals surface area contributed by atoms with Crippen molar-refractivity contribution in [2.24, 2.45) is 0 Å². The molecule has 31 heavy (non-hydrogen) atoms. The molecule has 166 valence electrons. The van der Waals surface area contributed by atoms with E-state index < -0.39 is 24.0 Å². The molecule has 1 atom stereocenters. The molecule has 3 amide bonds. The van der Waals surface area contributed by atoms with Gasteiger partial charge in [0.2, 0.25) is 5.91 Å². The van der Waals surface area contributed by atoms with Gasteiger partial charge < -0.3 is 19.7 Å². The molecule has 0 aromatic heterocycles. The predicted molar refractivity (Wildman–Crippen MR) is 109 cm³/mol. The molecule has 2 heterocycles. The Morgan fingerprint density at radius 3 is 2.74 bits per heavy atom. The smallest absolute Gasteiger partial charge is 0.414 e. The van der Waals surface area contributed by atoms with Crippen LogP contribution in [-0.4, -0.2) is 67.7 Å². The molecular formula is C21H24FN3O6. The average Bonchev–Trinajstić information content (AvgIpc) is 3.11. The lowest BCUT2D eigenvalue weighted by molar-refractivity contribution is -0.150. The maximum absolute atomic E-state index is 14.9. The van der Waals surface area contributed by atoms with Gasteiger partial charge in [-0.2, -0.15) is 0 Å². The van der Waals surface area contributed by atoms with Gasteiger partial charge in [0.05, 0.1) is 18.8 Å². The van der Waals surface area contributed by atoms with Gasteiger partial charge in [0.25, 0.3) is 5.91 Å². The van der Waals surface area contributed by atoms with Gasteiger partial charge in [0.15, 0.2) is 6.61 Å². The van der Waals surface area contributed by atoms with Crippen LogP contribution in [0.25, 0.3) is 5.57 Å². The number of esters is 1. The van der Waals surface area contributed by atoms with Crippen molar-refractivity contribution in [1.29, 1.82) is 0 Å². The number of carbonyl (C=O) groups excluding carboxylic acids is 4. The van der Waals surface area contributed by atoms with Crippen LogP contribution in [0.5, 0.6) is 0 Å². The highest BCUT2D eigenvalue weighted by Gasteiger charge is 2.33. The molecule has 1 saturated heterocycles. The Labute approximate surface area is 178 Å². The Balaban J connectivity index is 1.67. The van der Waals surface area contributed by atoms with Crippen LogP contribution in [0.15, 0.2) is 24.3 Å². The molecule has 1 aromatic rings. The molecule has 3 rings (SSSR count). The van der Waals surface area contributed by atoms with E-state index in [0.717, 1.165) is 0 Å². The number of benzene rings is 1. The summed E-state index contributed by atoms with van der Waals surface area (Å²) in [6.45, 7) is 3.28. The summed E-state index contributed by atoms with van der Waals surface area (Å²) in [6, 6.07) is 4.42. The standard InChI is InChI=1S/C21H24FN3O6/c1-13(26)23-9-17-11-25(21(29)31-17)16-5-6-18(19(22)8-16)15-4-3-7-24(10-15)20(28)12-30-14(2)27/h4-6,8,17H,3,7,9-12H2,1-2H3,(H,23,26). The number of rotatable bonds is 6. The third-order valence-electron chi connectivity index (χ3n) is 4.97. The van der Waals surface area contributed by atoms with Crippen LogP contribution in [0.2, 0.25) is 0 Å². The van der Waals surface area contributed by atoms with E-state index in [-0.39, 0.29) is 38.1 Å². The van der Waals surface area contributed by atoms with E-state index in [1.165, 1.54) is 29.7 Å². The number of hydrogen-bond donors (Lipinski definition) is 1. The zero-order valence-electron chi connectivity index (χ0n) is 17.4. The number of carbonyl (C=O) groups is 4. The second-order valence-corrected chi connectivity index (χ2v) is 7.33. The fourth-order valence-electron chi connectivity index (χ4n) is 3.44. The summed E-state index contributed by atoms with van der Waals surface area (Å²) >= 11 is 0. The van der Waals surface area contributed by atoms with Crippen molar-refractivity contribution in [3.05, 3.63) is 35.7 Å². The van der Waals surface area contributed by atoms with Gasteiger partial charge in [-0.05, 0) is 30.2 Å².